The van der Waals surface area contributed by atoms with Crippen LogP contribution in [0.4, 0.5) is 16.2 Å². The molecule has 1 aliphatic heterocycles. The number of anilines is 2. The number of carbonyl (C=O) groups excluding carboxylic acids is 1. The summed E-state index contributed by atoms with van der Waals surface area (Å²) >= 11 is 0. The van der Waals surface area contributed by atoms with E-state index in [1.54, 1.807) is 11.1 Å². The number of nitrogens with zero attached hydrogens (tertiary/aromatic N) is 4. The minimum Gasteiger partial charge on any atom is -0.444 e. The van der Waals surface area contributed by atoms with E-state index >= 15 is 0 Å². The average Bonchev–Trinajstić information content (AvgIpc) is 2.92. The highest BCUT2D eigenvalue weighted by Crippen LogP contribution is 2.40. The first kappa shape index (κ1) is 21.8. The molecule has 3 aromatic carbocycles. The number of fused-ring (bicyclic) bond motifs is 4. The minimum atomic E-state index is -0.641. The summed E-state index contributed by atoms with van der Waals surface area (Å²) in [6, 6.07) is 23.7. The fraction of sp³-hybridized carbons (Fsp3) is 0.133. The van der Waals surface area contributed by atoms with Crippen LogP contribution in [-0.2, 0) is 16.9 Å². The van der Waals surface area contributed by atoms with Gasteiger partial charge in [0.05, 0.1) is 22.4 Å². The molecule has 0 N–H and O–H groups in total. The number of hydrogen-bond acceptors (Lipinski definition) is 4. The molecule has 0 radical (unpaired) electrons. The Kier molecular flexibility index (Phi) is 4.94. The number of rotatable bonds is 3. The number of pyridine rings is 2. The molecule has 1 amide bonds. The van der Waals surface area contributed by atoms with E-state index in [9.17, 15) is 4.79 Å². The molecule has 0 bridgehead atoms. The van der Waals surface area contributed by atoms with Gasteiger partial charge in [0.15, 0.2) is 0 Å². The monoisotopic (exact) mass is 470 g/mol. The predicted octanol–water partition coefficient (Wildman–Crippen LogP) is 7.39. The van der Waals surface area contributed by atoms with Crippen molar-refractivity contribution in [3.05, 3.63) is 108 Å². The van der Waals surface area contributed by atoms with E-state index in [1.807, 2.05) is 80.7 Å². The Morgan fingerprint density at radius 2 is 1.69 bits per heavy atom. The van der Waals surface area contributed by atoms with Crippen LogP contribution in [0.3, 0.4) is 0 Å². The van der Waals surface area contributed by atoms with Crippen LogP contribution in [0.5, 0.6) is 0 Å². The zero-order valence-corrected chi connectivity index (χ0v) is 19.9. The molecule has 2 aromatic heterocycles. The molecule has 0 saturated carbocycles. The van der Waals surface area contributed by atoms with Crippen molar-refractivity contribution in [3.63, 3.8) is 0 Å². The second-order valence-corrected chi connectivity index (χ2v) is 9.39. The molecule has 0 aliphatic carbocycles. The summed E-state index contributed by atoms with van der Waals surface area (Å²) in [5.74, 6) is 0. The normalized spacial score (nSPS) is 13.4. The molecule has 5 aromatic rings. The van der Waals surface area contributed by atoms with E-state index in [-0.39, 0.29) is 6.61 Å². The SMILES string of the molecule is [C-]#[N+]C(C)(C)c1ccc(N2C(=O)OCc3cnc4ccc(-c5cnc6ccccc6c5)cc4c32)cc1. The van der Waals surface area contributed by atoms with Crippen molar-refractivity contribution in [2.24, 2.45) is 0 Å². The fourth-order valence-corrected chi connectivity index (χ4v) is 4.61. The molecule has 0 unspecified atom stereocenters. The number of cyclic esters (lactones) is 1. The van der Waals surface area contributed by atoms with Crippen LogP contribution in [0, 0.1) is 6.57 Å². The molecule has 0 spiro atoms. The van der Waals surface area contributed by atoms with Gasteiger partial charge in [0.2, 0.25) is 0 Å². The molecule has 174 valence electrons. The number of aromatic nitrogens is 2. The zero-order chi connectivity index (χ0) is 24.9. The van der Waals surface area contributed by atoms with Gasteiger partial charge in [0.1, 0.15) is 6.61 Å². The third-order valence-corrected chi connectivity index (χ3v) is 6.71. The summed E-state index contributed by atoms with van der Waals surface area (Å²) in [6.45, 7) is 11.4. The number of carbonyl (C=O) groups is 1. The molecule has 6 heteroatoms. The Morgan fingerprint density at radius 1 is 0.917 bits per heavy atom. The summed E-state index contributed by atoms with van der Waals surface area (Å²) in [6.07, 6.45) is 3.20. The lowest BCUT2D eigenvalue weighted by atomic mass is 9.95. The van der Waals surface area contributed by atoms with E-state index in [0.29, 0.717) is 5.69 Å². The van der Waals surface area contributed by atoms with Crippen molar-refractivity contribution in [2.45, 2.75) is 26.0 Å². The van der Waals surface area contributed by atoms with Crippen LogP contribution < -0.4 is 4.90 Å². The van der Waals surface area contributed by atoms with E-state index in [2.05, 4.69) is 26.9 Å². The molecule has 6 rings (SSSR count). The average molecular weight is 471 g/mol. The van der Waals surface area contributed by atoms with Crippen LogP contribution in [0.15, 0.2) is 85.2 Å². The first-order chi connectivity index (χ1) is 17.4. The first-order valence-electron chi connectivity index (χ1n) is 11.7. The summed E-state index contributed by atoms with van der Waals surface area (Å²) in [5.41, 5.74) is 6.24. The fourth-order valence-electron chi connectivity index (χ4n) is 4.61. The van der Waals surface area contributed by atoms with Gasteiger partial charge in [-0.25, -0.2) is 16.3 Å². The van der Waals surface area contributed by atoms with E-state index < -0.39 is 11.6 Å². The number of benzene rings is 3. The Balaban J connectivity index is 1.51. The third-order valence-electron chi connectivity index (χ3n) is 6.71. The highest BCUT2D eigenvalue weighted by Gasteiger charge is 2.31. The first-order valence-corrected chi connectivity index (χ1v) is 11.7. The van der Waals surface area contributed by atoms with Gasteiger partial charge in [-0.1, -0.05) is 24.3 Å². The van der Waals surface area contributed by atoms with Gasteiger partial charge < -0.3 is 9.58 Å². The number of para-hydroxylation sites is 1. The number of hydrogen-bond donors (Lipinski definition) is 0. The maximum Gasteiger partial charge on any atom is 0.419 e. The molecular formula is C30H22N4O2. The third kappa shape index (κ3) is 3.53. The summed E-state index contributed by atoms with van der Waals surface area (Å²) in [5, 5.41) is 1.93. The lowest BCUT2D eigenvalue weighted by Crippen LogP contribution is -2.32. The Hall–Kier alpha value is -4.76. The highest BCUT2D eigenvalue weighted by molar-refractivity contribution is 6.08. The van der Waals surface area contributed by atoms with Gasteiger partial charge in [0, 0.05) is 53.7 Å². The van der Waals surface area contributed by atoms with Crippen LogP contribution in [0.2, 0.25) is 0 Å². The van der Waals surface area contributed by atoms with Gasteiger partial charge in [-0.05, 0) is 54.1 Å². The van der Waals surface area contributed by atoms with E-state index in [0.717, 1.165) is 49.7 Å². The molecular weight excluding hydrogens is 448 g/mol. The van der Waals surface area contributed by atoms with Crippen molar-refractivity contribution in [3.8, 4) is 11.1 Å². The molecule has 36 heavy (non-hydrogen) atoms. The van der Waals surface area contributed by atoms with Crippen LogP contribution in [0.1, 0.15) is 25.0 Å². The second kappa shape index (κ2) is 8.17. The summed E-state index contributed by atoms with van der Waals surface area (Å²) in [4.78, 5) is 27.6. The van der Waals surface area contributed by atoms with Crippen molar-refractivity contribution < 1.29 is 9.53 Å². The Labute approximate surface area is 208 Å². The largest absolute Gasteiger partial charge is 0.444 e. The quantitative estimate of drug-likeness (QED) is 0.258. The second-order valence-electron chi connectivity index (χ2n) is 9.39. The molecule has 0 atom stereocenters. The van der Waals surface area contributed by atoms with Crippen LogP contribution in [0.25, 0.3) is 37.8 Å². The van der Waals surface area contributed by atoms with Crippen molar-refractivity contribution in [1.82, 2.24) is 9.97 Å². The molecule has 0 fully saturated rings. The summed E-state index contributed by atoms with van der Waals surface area (Å²) < 4.78 is 5.49. The van der Waals surface area contributed by atoms with Crippen LogP contribution in [-0.4, -0.2) is 16.1 Å². The minimum absolute atomic E-state index is 0.165. The van der Waals surface area contributed by atoms with Crippen molar-refractivity contribution >= 4 is 39.3 Å². The molecule has 0 saturated heterocycles. The standard InChI is InChI=1S/C30H22N4O2/c1-30(2,31-3)23-9-11-24(12-10-23)34-28-22(18-36-29(34)35)17-33-27-13-8-19(15-25(27)28)21-14-20-6-4-5-7-26(20)32-16-21/h4-17H,18H2,1-2H3. The van der Waals surface area contributed by atoms with E-state index in [4.69, 9.17) is 11.3 Å². The Bertz CT molecular complexity index is 1700. The zero-order valence-electron chi connectivity index (χ0n) is 19.9. The van der Waals surface area contributed by atoms with Gasteiger partial charge in [-0.2, -0.15) is 0 Å². The predicted molar refractivity (Wildman–Crippen MR) is 141 cm³/mol. The maximum absolute atomic E-state index is 13.1. The van der Waals surface area contributed by atoms with Crippen molar-refractivity contribution in [1.29, 1.82) is 0 Å². The summed E-state index contributed by atoms with van der Waals surface area (Å²) in [7, 11) is 0. The number of amides is 1. The lowest BCUT2D eigenvalue weighted by Gasteiger charge is -2.30. The van der Waals surface area contributed by atoms with Gasteiger partial charge in [0.25, 0.3) is 5.54 Å². The highest BCUT2D eigenvalue weighted by atomic mass is 16.6. The van der Waals surface area contributed by atoms with Crippen LogP contribution >= 0.6 is 0 Å². The maximum atomic E-state index is 13.1. The molecule has 3 heterocycles. The Morgan fingerprint density at radius 3 is 2.50 bits per heavy atom. The smallest absolute Gasteiger partial charge is 0.419 e. The molecule has 1 aliphatic rings. The molecule has 6 nitrogen and oxygen atoms in total. The van der Waals surface area contributed by atoms with Gasteiger partial charge in [-0.3, -0.25) is 9.97 Å². The van der Waals surface area contributed by atoms with Gasteiger partial charge >= 0.3 is 6.09 Å². The topological polar surface area (TPSA) is 59.7 Å². The number of ether oxygens (including phenoxy) is 1. The van der Waals surface area contributed by atoms with Crippen molar-refractivity contribution in [2.75, 3.05) is 4.90 Å². The van der Waals surface area contributed by atoms with Gasteiger partial charge in [-0.15, -0.1) is 0 Å². The lowest BCUT2D eigenvalue weighted by molar-refractivity contribution is 0.145. The van der Waals surface area contributed by atoms with E-state index in [1.165, 1.54) is 0 Å².